The molecule has 2 atom stereocenters. The first-order valence-electron chi connectivity index (χ1n) is 6.78. The molecule has 0 radical (unpaired) electrons. The molecule has 1 amide bonds. The van der Waals surface area contributed by atoms with Gasteiger partial charge >= 0.3 is 0 Å². The molecule has 1 saturated heterocycles. The number of hydrogen-bond acceptors (Lipinski definition) is 3. The van der Waals surface area contributed by atoms with Crippen molar-refractivity contribution in [2.75, 3.05) is 12.3 Å². The van der Waals surface area contributed by atoms with Crippen LogP contribution in [0.25, 0.3) is 0 Å². The highest BCUT2D eigenvalue weighted by molar-refractivity contribution is 5.93. The summed E-state index contributed by atoms with van der Waals surface area (Å²) < 4.78 is 0. The van der Waals surface area contributed by atoms with Crippen LogP contribution in [0, 0.1) is 5.92 Å². The maximum Gasteiger partial charge on any atom is 0.272 e. The Kier molecular flexibility index (Phi) is 2.94. The van der Waals surface area contributed by atoms with E-state index < -0.39 is 0 Å². The second-order valence-corrected chi connectivity index (χ2v) is 5.37. The van der Waals surface area contributed by atoms with Crippen molar-refractivity contribution >= 4 is 11.6 Å². The molecular weight excluding hydrogens is 226 g/mol. The summed E-state index contributed by atoms with van der Waals surface area (Å²) in [6.07, 6.45) is 7.75. The normalized spacial score (nSPS) is 27.0. The maximum atomic E-state index is 12.5. The number of nitrogens with two attached hydrogens (primary N) is 1. The van der Waals surface area contributed by atoms with E-state index in [0.29, 0.717) is 23.3 Å². The zero-order chi connectivity index (χ0) is 12.5. The fraction of sp³-hybridized carbons (Fsp3) is 0.571. The van der Waals surface area contributed by atoms with Crippen LogP contribution in [-0.4, -0.2) is 28.4 Å². The number of carbonyl (C=O) groups excluding carboxylic acids is 1. The number of rotatable bonds is 1. The molecule has 2 N–H and O–H groups in total. The van der Waals surface area contributed by atoms with Gasteiger partial charge in [0, 0.05) is 24.5 Å². The molecule has 2 heterocycles. The Morgan fingerprint density at radius 3 is 3.00 bits per heavy atom. The monoisotopic (exact) mass is 245 g/mol. The van der Waals surface area contributed by atoms with Gasteiger partial charge in [-0.15, -0.1) is 0 Å². The van der Waals surface area contributed by atoms with Crippen molar-refractivity contribution in [2.24, 2.45) is 5.92 Å². The summed E-state index contributed by atoms with van der Waals surface area (Å²) in [6, 6.07) is 3.83. The molecule has 2 unspecified atom stereocenters. The second kappa shape index (κ2) is 4.59. The molecule has 3 rings (SSSR count). The predicted octanol–water partition coefficient (Wildman–Crippen LogP) is 2.07. The van der Waals surface area contributed by atoms with Crippen molar-refractivity contribution in [1.29, 1.82) is 0 Å². The number of nitrogens with zero attached hydrogens (tertiary/aromatic N) is 2. The lowest BCUT2D eigenvalue weighted by Gasteiger charge is -2.31. The molecule has 1 aromatic heterocycles. The fourth-order valence-corrected chi connectivity index (χ4v) is 3.37. The molecule has 1 aliphatic heterocycles. The predicted molar refractivity (Wildman–Crippen MR) is 70.0 cm³/mol. The lowest BCUT2D eigenvalue weighted by Crippen LogP contribution is -2.39. The molecule has 96 valence electrons. The molecular formula is C14H19N3O. The first-order valence-corrected chi connectivity index (χ1v) is 6.78. The minimum atomic E-state index is 0.0525. The first-order chi connectivity index (χ1) is 8.75. The van der Waals surface area contributed by atoms with Gasteiger partial charge in [-0.2, -0.15) is 0 Å². The van der Waals surface area contributed by atoms with Crippen LogP contribution >= 0.6 is 0 Å². The highest BCUT2D eigenvalue weighted by atomic mass is 16.2. The molecule has 2 aliphatic rings. The summed E-state index contributed by atoms with van der Waals surface area (Å²) in [7, 11) is 0. The van der Waals surface area contributed by atoms with Crippen LogP contribution in [0.3, 0.4) is 0 Å². The number of nitrogen functional groups attached to an aromatic ring is 1. The SMILES string of the molecule is Nc1ccnc(C(=O)N2CCC3CCCCC32)c1. The zero-order valence-electron chi connectivity index (χ0n) is 10.5. The van der Waals surface area contributed by atoms with Crippen molar-refractivity contribution in [3.8, 4) is 0 Å². The topological polar surface area (TPSA) is 59.2 Å². The lowest BCUT2D eigenvalue weighted by molar-refractivity contribution is 0.0684. The standard InChI is InChI=1S/C14H19N3O/c15-11-5-7-16-12(9-11)14(18)17-8-6-10-3-1-2-4-13(10)17/h5,7,9-10,13H,1-4,6,8H2,(H2,15,16). The quantitative estimate of drug-likeness (QED) is 0.824. The van der Waals surface area contributed by atoms with Gasteiger partial charge in [0.15, 0.2) is 0 Å². The largest absolute Gasteiger partial charge is 0.399 e. The van der Waals surface area contributed by atoms with Gasteiger partial charge in [0.2, 0.25) is 0 Å². The number of carbonyl (C=O) groups is 1. The summed E-state index contributed by atoms with van der Waals surface area (Å²) >= 11 is 0. The molecule has 1 aromatic rings. The highest BCUT2D eigenvalue weighted by Crippen LogP contribution is 2.36. The Morgan fingerprint density at radius 2 is 2.17 bits per heavy atom. The summed E-state index contributed by atoms with van der Waals surface area (Å²) in [5.74, 6) is 0.764. The molecule has 0 aromatic carbocycles. The van der Waals surface area contributed by atoms with Crippen molar-refractivity contribution in [3.05, 3.63) is 24.0 Å². The fourth-order valence-electron chi connectivity index (χ4n) is 3.37. The van der Waals surface area contributed by atoms with Crippen LogP contribution < -0.4 is 5.73 Å². The number of anilines is 1. The first kappa shape index (κ1) is 11.5. The van der Waals surface area contributed by atoms with E-state index >= 15 is 0 Å². The molecule has 4 heteroatoms. The van der Waals surface area contributed by atoms with Gasteiger partial charge in [-0.25, -0.2) is 0 Å². The number of likely N-dealkylation sites (tertiary alicyclic amines) is 1. The smallest absolute Gasteiger partial charge is 0.272 e. The highest BCUT2D eigenvalue weighted by Gasteiger charge is 2.38. The maximum absolute atomic E-state index is 12.5. The molecule has 0 spiro atoms. The molecule has 18 heavy (non-hydrogen) atoms. The number of amides is 1. The summed E-state index contributed by atoms with van der Waals surface area (Å²) in [6.45, 7) is 0.880. The Bertz CT molecular complexity index is 460. The van der Waals surface area contributed by atoms with E-state index in [1.54, 1.807) is 18.3 Å². The second-order valence-electron chi connectivity index (χ2n) is 5.37. The minimum absolute atomic E-state index is 0.0525. The van der Waals surface area contributed by atoms with Gasteiger partial charge in [0.05, 0.1) is 0 Å². The van der Waals surface area contributed by atoms with E-state index in [2.05, 4.69) is 4.98 Å². The summed E-state index contributed by atoms with van der Waals surface area (Å²) in [5.41, 5.74) is 6.81. The van der Waals surface area contributed by atoms with Gasteiger partial charge < -0.3 is 10.6 Å². The number of hydrogen-bond donors (Lipinski definition) is 1. The third-order valence-corrected chi connectivity index (χ3v) is 4.27. The summed E-state index contributed by atoms with van der Waals surface area (Å²) in [5, 5.41) is 0. The van der Waals surface area contributed by atoms with Gasteiger partial charge in [-0.05, 0) is 37.3 Å². The molecule has 1 aliphatic carbocycles. The average molecular weight is 245 g/mol. The Balaban J connectivity index is 1.80. The average Bonchev–Trinajstić information content (AvgIpc) is 2.82. The van der Waals surface area contributed by atoms with E-state index in [9.17, 15) is 4.79 Å². The van der Waals surface area contributed by atoms with Crippen LogP contribution in [0.5, 0.6) is 0 Å². The van der Waals surface area contributed by atoms with Gasteiger partial charge in [-0.3, -0.25) is 9.78 Å². The molecule has 2 fully saturated rings. The van der Waals surface area contributed by atoms with Crippen LogP contribution in [0.1, 0.15) is 42.6 Å². The summed E-state index contributed by atoms with van der Waals surface area (Å²) in [4.78, 5) is 18.6. The molecule has 4 nitrogen and oxygen atoms in total. The van der Waals surface area contributed by atoms with Crippen LogP contribution in [0.2, 0.25) is 0 Å². The van der Waals surface area contributed by atoms with Crippen LogP contribution in [0.4, 0.5) is 5.69 Å². The lowest BCUT2D eigenvalue weighted by atomic mass is 9.85. The van der Waals surface area contributed by atoms with E-state index in [1.165, 1.54) is 19.3 Å². The number of fused-ring (bicyclic) bond motifs is 1. The van der Waals surface area contributed by atoms with Crippen molar-refractivity contribution < 1.29 is 4.79 Å². The van der Waals surface area contributed by atoms with E-state index in [0.717, 1.165) is 19.4 Å². The van der Waals surface area contributed by atoms with Crippen molar-refractivity contribution in [3.63, 3.8) is 0 Å². The molecule has 1 saturated carbocycles. The van der Waals surface area contributed by atoms with E-state index in [4.69, 9.17) is 5.73 Å². The third-order valence-electron chi connectivity index (χ3n) is 4.27. The number of pyridine rings is 1. The number of aromatic nitrogens is 1. The van der Waals surface area contributed by atoms with Crippen molar-refractivity contribution in [1.82, 2.24) is 9.88 Å². The van der Waals surface area contributed by atoms with Crippen LogP contribution in [0.15, 0.2) is 18.3 Å². The van der Waals surface area contributed by atoms with Crippen molar-refractivity contribution in [2.45, 2.75) is 38.1 Å². The minimum Gasteiger partial charge on any atom is -0.399 e. The van der Waals surface area contributed by atoms with Crippen LogP contribution in [-0.2, 0) is 0 Å². The molecule has 0 bridgehead atoms. The van der Waals surface area contributed by atoms with Gasteiger partial charge in [0.25, 0.3) is 5.91 Å². The van der Waals surface area contributed by atoms with Gasteiger partial charge in [-0.1, -0.05) is 12.8 Å². The Labute approximate surface area is 107 Å². The Morgan fingerprint density at radius 1 is 1.33 bits per heavy atom. The third kappa shape index (κ3) is 1.96. The van der Waals surface area contributed by atoms with E-state index in [-0.39, 0.29) is 5.91 Å². The Hall–Kier alpha value is -1.58. The van der Waals surface area contributed by atoms with E-state index in [1.807, 2.05) is 4.90 Å². The van der Waals surface area contributed by atoms with Gasteiger partial charge in [0.1, 0.15) is 5.69 Å². The zero-order valence-corrected chi connectivity index (χ0v) is 10.5.